The summed E-state index contributed by atoms with van der Waals surface area (Å²) in [4.78, 5) is 18.2. The van der Waals surface area contributed by atoms with Crippen molar-refractivity contribution in [1.29, 1.82) is 0 Å². The molecule has 5 rings (SSSR count). The predicted octanol–water partition coefficient (Wildman–Crippen LogP) is 4.68. The molecular formula is C27H34N2O4. The number of hydrogen-bond acceptors (Lipinski definition) is 6. The second-order valence-corrected chi connectivity index (χ2v) is 9.22. The molecule has 3 heterocycles. The van der Waals surface area contributed by atoms with Crippen LogP contribution in [0.4, 0.5) is 0 Å². The molecule has 0 bridgehead atoms. The van der Waals surface area contributed by atoms with Crippen molar-refractivity contribution in [3.63, 3.8) is 0 Å². The van der Waals surface area contributed by atoms with Gasteiger partial charge in [-0.15, -0.1) is 0 Å². The van der Waals surface area contributed by atoms with Gasteiger partial charge in [0.2, 0.25) is 5.43 Å². The summed E-state index contributed by atoms with van der Waals surface area (Å²) < 4.78 is 18.1. The summed E-state index contributed by atoms with van der Waals surface area (Å²) in [6, 6.07) is 11.1. The third-order valence-corrected chi connectivity index (χ3v) is 6.87. The SMILES string of the molecule is O=c1c2ccc(OCCN3CCCCC3)cc2oc2cccc(OCCN3CCCCC3)c12. The molecule has 2 saturated heterocycles. The van der Waals surface area contributed by atoms with Gasteiger partial charge in [0.25, 0.3) is 0 Å². The molecule has 0 saturated carbocycles. The fourth-order valence-corrected chi connectivity index (χ4v) is 5.00. The maximum absolute atomic E-state index is 13.3. The van der Waals surface area contributed by atoms with Crippen LogP contribution in [0, 0.1) is 0 Å². The van der Waals surface area contributed by atoms with Crippen LogP contribution < -0.4 is 14.9 Å². The zero-order chi connectivity index (χ0) is 22.5. The monoisotopic (exact) mass is 450 g/mol. The molecule has 2 aliphatic heterocycles. The summed E-state index contributed by atoms with van der Waals surface area (Å²) in [6.45, 7) is 7.60. The molecule has 0 atom stereocenters. The molecule has 33 heavy (non-hydrogen) atoms. The molecule has 176 valence electrons. The highest BCUT2D eigenvalue weighted by Gasteiger charge is 2.15. The average Bonchev–Trinajstić information content (AvgIpc) is 2.85. The molecule has 2 aliphatic rings. The van der Waals surface area contributed by atoms with Crippen LogP contribution in [0.2, 0.25) is 0 Å². The summed E-state index contributed by atoms with van der Waals surface area (Å²) in [6.07, 6.45) is 7.72. The Morgan fingerprint density at radius 2 is 1.42 bits per heavy atom. The van der Waals surface area contributed by atoms with Crippen LogP contribution >= 0.6 is 0 Å². The second-order valence-electron chi connectivity index (χ2n) is 9.22. The molecule has 3 aromatic rings. The van der Waals surface area contributed by atoms with E-state index in [0.717, 1.165) is 45.0 Å². The first-order valence-electron chi connectivity index (χ1n) is 12.5. The van der Waals surface area contributed by atoms with Crippen LogP contribution in [0.1, 0.15) is 38.5 Å². The summed E-state index contributed by atoms with van der Waals surface area (Å²) in [7, 11) is 0. The number of nitrogens with zero attached hydrogens (tertiary/aromatic N) is 2. The van der Waals surface area contributed by atoms with Crippen LogP contribution in [-0.2, 0) is 0 Å². The third-order valence-electron chi connectivity index (χ3n) is 6.87. The zero-order valence-corrected chi connectivity index (χ0v) is 19.4. The van der Waals surface area contributed by atoms with Crippen LogP contribution in [-0.4, -0.2) is 62.3 Å². The quantitative estimate of drug-likeness (QED) is 0.465. The molecule has 2 aromatic carbocycles. The van der Waals surface area contributed by atoms with Gasteiger partial charge < -0.3 is 13.9 Å². The van der Waals surface area contributed by atoms with Gasteiger partial charge in [0, 0.05) is 19.2 Å². The van der Waals surface area contributed by atoms with Crippen LogP contribution in [0.5, 0.6) is 11.5 Å². The zero-order valence-electron chi connectivity index (χ0n) is 19.4. The van der Waals surface area contributed by atoms with Gasteiger partial charge in [-0.1, -0.05) is 18.9 Å². The van der Waals surface area contributed by atoms with Gasteiger partial charge in [0.15, 0.2) is 0 Å². The lowest BCUT2D eigenvalue weighted by molar-refractivity contribution is 0.183. The number of ether oxygens (including phenoxy) is 2. The van der Waals surface area contributed by atoms with Crippen molar-refractivity contribution in [3.05, 3.63) is 46.6 Å². The Bertz CT molecular complexity index is 1130. The lowest BCUT2D eigenvalue weighted by atomic mass is 10.1. The van der Waals surface area contributed by atoms with Crippen molar-refractivity contribution in [2.45, 2.75) is 38.5 Å². The molecule has 0 amide bonds. The Balaban J connectivity index is 1.30. The van der Waals surface area contributed by atoms with E-state index >= 15 is 0 Å². The number of rotatable bonds is 8. The minimum Gasteiger partial charge on any atom is -0.492 e. The molecule has 6 heteroatoms. The fraction of sp³-hybridized carbons (Fsp3) is 0.519. The van der Waals surface area contributed by atoms with Crippen LogP contribution in [0.25, 0.3) is 21.9 Å². The van der Waals surface area contributed by atoms with Gasteiger partial charge in [-0.2, -0.15) is 0 Å². The highest BCUT2D eigenvalue weighted by Crippen LogP contribution is 2.28. The Kier molecular flexibility index (Phi) is 7.12. The van der Waals surface area contributed by atoms with Gasteiger partial charge in [0.05, 0.1) is 5.39 Å². The number of piperidine rings is 2. The van der Waals surface area contributed by atoms with Crippen molar-refractivity contribution in [2.75, 3.05) is 52.5 Å². The van der Waals surface area contributed by atoms with E-state index in [9.17, 15) is 4.79 Å². The first kappa shape index (κ1) is 22.2. The van der Waals surface area contributed by atoms with Crippen molar-refractivity contribution < 1.29 is 13.9 Å². The Labute approximate surface area is 195 Å². The van der Waals surface area contributed by atoms with E-state index in [2.05, 4.69) is 9.80 Å². The van der Waals surface area contributed by atoms with Gasteiger partial charge in [-0.3, -0.25) is 14.6 Å². The maximum atomic E-state index is 13.3. The van der Waals surface area contributed by atoms with Crippen molar-refractivity contribution in [1.82, 2.24) is 9.80 Å². The number of hydrogen-bond donors (Lipinski definition) is 0. The normalized spacial score (nSPS) is 18.1. The van der Waals surface area contributed by atoms with Gasteiger partial charge in [0.1, 0.15) is 41.3 Å². The lowest BCUT2D eigenvalue weighted by Crippen LogP contribution is -2.33. The molecular weight excluding hydrogens is 416 g/mol. The van der Waals surface area contributed by atoms with Crippen molar-refractivity contribution in [3.8, 4) is 11.5 Å². The van der Waals surface area contributed by atoms with E-state index in [-0.39, 0.29) is 5.43 Å². The molecule has 2 fully saturated rings. The Morgan fingerprint density at radius 1 is 0.758 bits per heavy atom. The summed E-state index contributed by atoms with van der Waals surface area (Å²) in [5.41, 5.74) is 1.04. The minimum absolute atomic E-state index is 0.0558. The Hall–Kier alpha value is -2.57. The first-order chi connectivity index (χ1) is 16.3. The molecule has 1 aromatic heterocycles. The molecule has 0 unspecified atom stereocenters. The average molecular weight is 451 g/mol. The molecule has 6 nitrogen and oxygen atoms in total. The number of fused-ring (bicyclic) bond motifs is 2. The van der Waals surface area contributed by atoms with E-state index in [1.807, 2.05) is 30.3 Å². The lowest BCUT2D eigenvalue weighted by Gasteiger charge is -2.26. The standard InChI is InChI=1S/C27H34N2O4/c30-27-22-11-10-21(31-18-16-28-12-3-1-4-13-28)20-25(22)33-24-9-7-8-23(26(24)27)32-19-17-29-14-5-2-6-15-29/h7-11,20H,1-6,12-19H2. The Morgan fingerprint density at radius 3 is 2.12 bits per heavy atom. The van der Waals surface area contributed by atoms with Crippen molar-refractivity contribution in [2.24, 2.45) is 0 Å². The molecule has 0 N–H and O–H groups in total. The van der Waals surface area contributed by atoms with E-state index in [4.69, 9.17) is 13.9 Å². The molecule has 0 spiro atoms. The maximum Gasteiger partial charge on any atom is 0.204 e. The summed E-state index contributed by atoms with van der Waals surface area (Å²) in [5, 5.41) is 1.07. The van der Waals surface area contributed by atoms with Gasteiger partial charge in [-0.05, 0) is 76.1 Å². The first-order valence-corrected chi connectivity index (χ1v) is 12.5. The smallest absolute Gasteiger partial charge is 0.204 e. The van der Waals surface area contributed by atoms with Crippen LogP contribution in [0.15, 0.2) is 45.6 Å². The second kappa shape index (κ2) is 10.6. The third kappa shape index (κ3) is 5.33. The van der Waals surface area contributed by atoms with E-state index in [1.165, 1.54) is 38.5 Å². The van der Waals surface area contributed by atoms with E-state index in [1.54, 1.807) is 6.07 Å². The van der Waals surface area contributed by atoms with E-state index in [0.29, 0.717) is 40.9 Å². The van der Waals surface area contributed by atoms with E-state index < -0.39 is 0 Å². The van der Waals surface area contributed by atoms with Gasteiger partial charge in [-0.25, -0.2) is 0 Å². The minimum atomic E-state index is -0.0558. The number of benzene rings is 2. The largest absolute Gasteiger partial charge is 0.492 e. The summed E-state index contributed by atoms with van der Waals surface area (Å²) >= 11 is 0. The van der Waals surface area contributed by atoms with Gasteiger partial charge >= 0.3 is 0 Å². The fourth-order valence-electron chi connectivity index (χ4n) is 5.00. The predicted molar refractivity (Wildman–Crippen MR) is 132 cm³/mol. The molecule has 0 radical (unpaired) electrons. The summed E-state index contributed by atoms with van der Waals surface area (Å²) in [5.74, 6) is 1.33. The molecule has 0 aliphatic carbocycles. The highest BCUT2D eigenvalue weighted by molar-refractivity contribution is 5.93. The van der Waals surface area contributed by atoms with Crippen molar-refractivity contribution >= 4 is 21.9 Å². The van der Waals surface area contributed by atoms with Crippen LogP contribution in [0.3, 0.4) is 0 Å². The topological polar surface area (TPSA) is 55.1 Å². The number of likely N-dealkylation sites (tertiary alicyclic amines) is 2. The highest BCUT2D eigenvalue weighted by atomic mass is 16.5.